The van der Waals surface area contributed by atoms with Gasteiger partial charge < -0.3 is 15.1 Å². The van der Waals surface area contributed by atoms with Gasteiger partial charge in [0.2, 0.25) is 0 Å². The standard InChI is InChI=1S/C25H19N3O3S2/c29-16-5-1-14(2-6-16)11-18-25(31)28-13-19(15-3-7-17(30)8-4-15)26-23(24(28)27-18)22-12-21-20(33-22)9-10-32-21/h1-10,12,23-24,29-30H,11,13H2. The molecule has 6 nitrogen and oxygen atoms in total. The minimum atomic E-state index is -0.377. The van der Waals surface area contributed by atoms with Gasteiger partial charge in [-0.1, -0.05) is 12.1 Å². The fourth-order valence-corrected chi connectivity index (χ4v) is 6.48. The van der Waals surface area contributed by atoms with E-state index in [4.69, 9.17) is 9.98 Å². The molecular weight excluding hydrogens is 454 g/mol. The Morgan fingerprint density at radius 1 is 0.939 bits per heavy atom. The van der Waals surface area contributed by atoms with Crippen LogP contribution >= 0.6 is 22.7 Å². The first-order valence-corrected chi connectivity index (χ1v) is 12.2. The summed E-state index contributed by atoms with van der Waals surface area (Å²) < 4.78 is 2.43. The highest BCUT2D eigenvalue weighted by Gasteiger charge is 2.43. The van der Waals surface area contributed by atoms with Gasteiger partial charge in [0.1, 0.15) is 23.3 Å². The Morgan fingerprint density at radius 3 is 2.39 bits per heavy atom. The average Bonchev–Trinajstić information content (AvgIpc) is 3.50. The van der Waals surface area contributed by atoms with Crippen LogP contribution in [-0.4, -0.2) is 45.2 Å². The number of thiophene rings is 2. The third-order valence-electron chi connectivity index (χ3n) is 5.97. The van der Waals surface area contributed by atoms with E-state index in [1.54, 1.807) is 46.9 Å². The fourth-order valence-electron chi connectivity index (χ4n) is 4.30. The normalized spacial score (nSPS) is 20.1. The summed E-state index contributed by atoms with van der Waals surface area (Å²) in [6.07, 6.45) is 0.0330. The summed E-state index contributed by atoms with van der Waals surface area (Å²) in [6.45, 7) is 0.368. The van der Waals surface area contributed by atoms with E-state index < -0.39 is 0 Å². The molecule has 2 aliphatic rings. The Labute approximate surface area is 197 Å². The fraction of sp³-hybridized carbons (Fsp3) is 0.160. The number of hydrogen-bond acceptors (Lipinski definition) is 7. The molecular formula is C25H19N3O3S2. The molecule has 0 spiro atoms. The Hall–Kier alpha value is -3.49. The molecule has 6 rings (SSSR count). The number of aliphatic imine (C=N–C) groups is 2. The van der Waals surface area contributed by atoms with E-state index in [1.807, 2.05) is 29.2 Å². The first kappa shape index (κ1) is 20.1. The lowest BCUT2D eigenvalue weighted by Gasteiger charge is -2.33. The average molecular weight is 474 g/mol. The van der Waals surface area contributed by atoms with Crippen molar-refractivity contribution in [2.24, 2.45) is 9.98 Å². The van der Waals surface area contributed by atoms with Crippen LogP contribution < -0.4 is 0 Å². The van der Waals surface area contributed by atoms with Crippen molar-refractivity contribution in [2.75, 3.05) is 6.54 Å². The Kier molecular flexibility index (Phi) is 4.78. The van der Waals surface area contributed by atoms with Crippen LogP contribution in [0.5, 0.6) is 11.5 Å². The van der Waals surface area contributed by atoms with Crippen LogP contribution in [0.3, 0.4) is 0 Å². The molecule has 2 aromatic carbocycles. The summed E-state index contributed by atoms with van der Waals surface area (Å²) >= 11 is 3.39. The van der Waals surface area contributed by atoms with Gasteiger partial charge in [0.05, 0.1) is 12.3 Å². The lowest BCUT2D eigenvalue weighted by atomic mass is 10.0. The second kappa shape index (κ2) is 7.83. The topological polar surface area (TPSA) is 85.5 Å². The van der Waals surface area contributed by atoms with Crippen LogP contribution in [0.1, 0.15) is 22.0 Å². The van der Waals surface area contributed by atoms with Gasteiger partial charge in [-0.15, -0.1) is 22.7 Å². The zero-order valence-electron chi connectivity index (χ0n) is 17.4. The third-order valence-corrected chi connectivity index (χ3v) is 8.14. The van der Waals surface area contributed by atoms with Crippen molar-refractivity contribution in [1.29, 1.82) is 0 Å². The van der Waals surface area contributed by atoms with E-state index in [0.717, 1.165) is 21.7 Å². The van der Waals surface area contributed by atoms with Gasteiger partial charge in [0.15, 0.2) is 6.17 Å². The molecule has 2 aliphatic heterocycles. The second-order valence-corrected chi connectivity index (χ2v) is 10.2. The molecule has 0 bridgehead atoms. The molecule has 4 heterocycles. The molecule has 0 saturated carbocycles. The number of phenols is 2. The number of carbonyl (C=O) groups is 1. The van der Waals surface area contributed by atoms with E-state index in [9.17, 15) is 15.0 Å². The van der Waals surface area contributed by atoms with E-state index in [0.29, 0.717) is 18.7 Å². The molecule has 0 saturated heterocycles. The molecule has 1 amide bonds. The maximum Gasteiger partial charge on any atom is 0.270 e. The van der Waals surface area contributed by atoms with E-state index in [1.165, 1.54) is 9.40 Å². The molecule has 0 fully saturated rings. The SMILES string of the molecule is O=C1C(Cc2ccc(O)cc2)=NC2C(c3cc4sccc4s3)N=C(c3ccc(O)cc3)CN12. The maximum absolute atomic E-state index is 13.4. The zero-order valence-corrected chi connectivity index (χ0v) is 19.0. The number of amides is 1. The van der Waals surface area contributed by atoms with Crippen molar-refractivity contribution < 1.29 is 15.0 Å². The van der Waals surface area contributed by atoms with E-state index in [2.05, 4.69) is 17.5 Å². The monoisotopic (exact) mass is 473 g/mol. The minimum Gasteiger partial charge on any atom is -0.508 e. The first-order chi connectivity index (χ1) is 16.0. The summed E-state index contributed by atoms with van der Waals surface area (Å²) in [5.74, 6) is 0.308. The van der Waals surface area contributed by atoms with Crippen molar-refractivity contribution in [2.45, 2.75) is 18.6 Å². The van der Waals surface area contributed by atoms with Crippen molar-refractivity contribution in [3.63, 3.8) is 0 Å². The molecule has 2 atom stereocenters. The van der Waals surface area contributed by atoms with Gasteiger partial charge in [0, 0.05) is 20.7 Å². The van der Waals surface area contributed by atoms with Crippen LogP contribution in [0, 0.1) is 0 Å². The van der Waals surface area contributed by atoms with Gasteiger partial charge in [-0.05, 0) is 65.0 Å². The molecule has 2 aromatic heterocycles. The molecule has 8 heteroatoms. The van der Waals surface area contributed by atoms with Crippen molar-refractivity contribution in [1.82, 2.24) is 4.90 Å². The van der Waals surface area contributed by atoms with Crippen LogP contribution in [0.4, 0.5) is 0 Å². The number of hydrogen-bond donors (Lipinski definition) is 2. The van der Waals surface area contributed by atoms with Gasteiger partial charge in [-0.25, -0.2) is 0 Å². The quantitative estimate of drug-likeness (QED) is 0.448. The highest BCUT2D eigenvalue weighted by molar-refractivity contribution is 7.27. The van der Waals surface area contributed by atoms with Gasteiger partial charge in [0.25, 0.3) is 5.91 Å². The molecule has 0 aliphatic carbocycles. The molecule has 33 heavy (non-hydrogen) atoms. The lowest BCUT2D eigenvalue weighted by molar-refractivity contribution is -0.124. The number of carbonyl (C=O) groups excluding carboxylic acids is 1. The molecule has 2 unspecified atom stereocenters. The van der Waals surface area contributed by atoms with Crippen molar-refractivity contribution >= 4 is 49.4 Å². The van der Waals surface area contributed by atoms with Crippen LogP contribution in [0.15, 0.2) is 76.0 Å². The zero-order chi connectivity index (χ0) is 22.5. The highest BCUT2D eigenvalue weighted by atomic mass is 32.1. The summed E-state index contributed by atoms with van der Waals surface area (Å²) in [4.78, 5) is 26.2. The summed E-state index contributed by atoms with van der Waals surface area (Å²) in [5, 5.41) is 21.3. The summed E-state index contributed by atoms with van der Waals surface area (Å²) in [6, 6.07) is 17.8. The van der Waals surface area contributed by atoms with E-state index in [-0.39, 0.29) is 29.6 Å². The Bertz CT molecular complexity index is 1390. The van der Waals surface area contributed by atoms with Crippen molar-refractivity contribution in [3.8, 4) is 11.5 Å². The number of nitrogens with zero attached hydrogens (tertiary/aromatic N) is 3. The van der Waals surface area contributed by atoms with Gasteiger partial charge in [-0.2, -0.15) is 0 Å². The first-order valence-electron chi connectivity index (χ1n) is 10.5. The predicted molar refractivity (Wildman–Crippen MR) is 132 cm³/mol. The number of phenolic OH excluding ortho intramolecular Hbond substituents is 2. The third kappa shape index (κ3) is 3.61. The van der Waals surface area contributed by atoms with Crippen LogP contribution in [0.25, 0.3) is 9.40 Å². The van der Waals surface area contributed by atoms with Gasteiger partial charge >= 0.3 is 0 Å². The molecule has 4 aromatic rings. The second-order valence-electron chi connectivity index (χ2n) is 8.13. The maximum atomic E-state index is 13.4. The Morgan fingerprint density at radius 2 is 1.67 bits per heavy atom. The van der Waals surface area contributed by atoms with E-state index >= 15 is 0 Å². The van der Waals surface area contributed by atoms with Gasteiger partial charge in [-0.3, -0.25) is 14.8 Å². The molecule has 0 radical (unpaired) electrons. The smallest absolute Gasteiger partial charge is 0.270 e. The highest BCUT2D eigenvalue weighted by Crippen LogP contribution is 2.41. The van der Waals surface area contributed by atoms with Crippen LogP contribution in [-0.2, 0) is 11.2 Å². The largest absolute Gasteiger partial charge is 0.508 e. The summed E-state index contributed by atoms with van der Waals surface area (Å²) in [5.41, 5.74) is 3.13. The number of aromatic hydroxyl groups is 2. The number of rotatable bonds is 4. The van der Waals surface area contributed by atoms with Crippen molar-refractivity contribution in [3.05, 3.63) is 82.0 Å². The lowest BCUT2D eigenvalue weighted by Crippen LogP contribution is -2.46. The number of benzene rings is 2. The number of fused-ring (bicyclic) bond motifs is 2. The predicted octanol–water partition coefficient (Wildman–Crippen LogP) is 4.77. The molecule has 2 N–H and O–H groups in total. The summed E-state index contributed by atoms with van der Waals surface area (Å²) in [7, 11) is 0. The Balaban J connectivity index is 1.39. The minimum absolute atomic E-state index is 0.0809. The van der Waals surface area contributed by atoms with Crippen LogP contribution in [0.2, 0.25) is 0 Å². The molecule has 164 valence electrons.